The van der Waals surface area contributed by atoms with Gasteiger partial charge in [0.1, 0.15) is 6.61 Å². The minimum atomic E-state index is -0.904. The Morgan fingerprint density at radius 3 is 2.35 bits per heavy atom. The molecule has 4 rings (SSSR count). The second kappa shape index (κ2) is 11.7. The summed E-state index contributed by atoms with van der Waals surface area (Å²) in [5.74, 6) is 0.0819. The van der Waals surface area contributed by atoms with Crippen LogP contribution in [0.2, 0.25) is 5.02 Å². The highest BCUT2D eigenvalue weighted by atomic mass is 35.5. The van der Waals surface area contributed by atoms with Crippen molar-refractivity contribution in [2.75, 3.05) is 13.2 Å². The van der Waals surface area contributed by atoms with Crippen molar-refractivity contribution in [3.63, 3.8) is 0 Å². The summed E-state index contributed by atoms with van der Waals surface area (Å²) in [5.41, 5.74) is 5.86. The van der Waals surface area contributed by atoms with Crippen molar-refractivity contribution >= 4 is 17.6 Å². The van der Waals surface area contributed by atoms with Gasteiger partial charge in [0.25, 0.3) is 0 Å². The molecule has 2 aromatic carbocycles. The van der Waals surface area contributed by atoms with E-state index in [0.717, 1.165) is 61.3 Å². The average Bonchev–Trinajstić information content (AvgIpc) is 3.19. The van der Waals surface area contributed by atoms with E-state index in [9.17, 15) is 4.79 Å². The van der Waals surface area contributed by atoms with Gasteiger partial charge in [0.15, 0.2) is 0 Å². The van der Waals surface area contributed by atoms with Crippen LogP contribution < -0.4 is 0 Å². The number of aromatic nitrogens is 2. The van der Waals surface area contributed by atoms with Gasteiger partial charge in [0.2, 0.25) is 0 Å². The molecular formula is C28H33ClN2O3. The summed E-state index contributed by atoms with van der Waals surface area (Å²) in [5, 5.41) is 14.7. The van der Waals surface area contributed by atoms with Gasteiger partial charge in [-0.3, -0.25) is 4.68 Å². The summed E-state index contributed by atoms with van der Waals surface area (Å²) in [6.45, 7) is 3.41. The number of carboxylic acids is 1. The van der Waals surface area contributed by atoms with Crippen molar-refractivity contribution in [3.8, 4) is 22.4 Å². The summed E-state index contributed by atoms with van der Waals surface area (Å²) >= 11 is 6.21. The molecule has 1 N–H and O–H groups in total. The van der Waals surface area contributed by atoms with Crippen molar-refractivity contribution in [2.45, 2.75) is 52.0 Å². The molecule has 0 aliphatic heterocycles. The van der Waals surface area contributed by atoms with Gasteiger partial charge in [0.05, 0.1) is 18.0 Å². The third-order valence-electron chi connectivity index (χ3n) is 6.67. The molecule has 0 radical (unpaired) electrons. The molecule has 1 aliphatic carbocycles. The zero-order chi connectivity index (χ0) is 23.9. The Hall–Kier alpha value is -2.63. The summed E-state index contributed by atoms with van der Waals surface area (Å²) in [7, 11) is 0. The molecule has 0 unspecified atom stereocenters. The Morgan fingerprint density at radius 1 is 1.03 bits per heavy atom. The molecule has 1 fully saturated rings. The topological polar surface area (TPSA) is 64.4 Å². The normalized spacial score (nSPS) is 18.2. The van der Waals surface area contributed by atoms with E-state index >= 15 is 0 Å². The molecule has 1 heterocycles. The third-order valence-corrected chi connectivity index (χ3v) is 6.92. The van der Waals surface area contributed by atoms with Crippen LogP contribution in [0.3, 0.4) is 0 Å². The fraction of sp³-hybridized carbons (Fsp3) is 0.429. The zero-order valence-corrected chi connectivity index (χ0v) is 20.5. The second-order valence-corrected chi connectivity index (χ2v) is 9.71. The number of nitrogens with zero attached hydrogens (tertiary/aromatic N) is 2. The Kier molecular flexibility index (Phi) is 8.41. The Morgan fingerprint density at radius 2 is 1.71 bits per heavy atom. The van der Waals surface area contributed by atoms with E-state index in [1.54, 1.807) is 0 Å². The van der Waals surface area contributed by atoms with E-state index < -0.39 is 5.97 Å². The summed E-state index contributed by atoms with van der Waals surface area (Å²) in [6, 6.07) is 18.6. The SMILES string of the molecule is CCCc1nn(C[C@H]2CC[C@@H](COCC(=O)O)CC2)c(-c2ccc(Cl)cc2)c1-c1ccccc1. The first kappa shape index (κ1) is 24.5. The average molecular weight is 481 g/mol. The summed E-state index contributed by atoms with van der Waals surface area (Å²) in [4.78, 5) is 10.7. The maximum absolute atomic E-state index is 10.7. The molecule has 34 heavy (non-hydrogen) atoms. The Balaban J connectivity index is 1.60. The number of aliphatic carboxylic acids is 1. The Bertz CT molecular complexity index is 1070. The van der Waals surface area contributed by atoms with Gasteiger partial charge in [-0.2, -0.15) is 5.10 Å². The molecule has 0 spiro atoms. The van der Waals surface area contributed by atoms with Crippen LogP contribution >= 0.6 is 11.6 Å². The molecule has 1 aromatic heterocycles. The number of carboxylic acid groups (broad SMARTS) is 1. The lowest BCUT2D eigenvalue weighted by molar-refractivity contribution is -0.142. The lowest BCUT2D eigenvalue weighted by atomic mass is 9.82. The fourth-order valence-corrected chi connectivity index (χ4v) is 5.13. The van der Waals surface area contributed by atoms with Gasteiger partial charge in [-0.15, -0.1) is 0 Å². The zero-order valence-electron chi connectivity index (χ0n) is 19.8. The van der Waals surface area contributed by atoms with Gasteiger partial charge in [-0.25, -0.2) is 4.79 Å². The molecule has 0 bridgehead atoms. The third kappa shape index (κ3) is 6.08. The molecule has 1 saturated carbocycles. The highest BCUT2D eigenvalue weighted by molar-refractivity contribution is 6.30. The monoisotopic (exact) mass is 480 g/mol. The molecule has 3 aromatic rings. The molecule has 0 amide bonds. The van der Waals surface area contributed by atoms with Gasteiger partial charge >= 0.3 is 5.97 Å². The van der Waals surface area contributed by atoms with Crippen molar-refractivity contribution in [3.05, 3.63) is 65.3 Å². The second-order valence-electron chi connectivity index (χ2n) is 9.27. The van der Waals surface area contributed by atoms with Crippen molar-refractivity contribution in [1.82, 2.24) is 9.78 Å². The number of aryl methyl sites for hydroxylation is 1. The van der Waals surface area contributed by atoms with Gasteiger partial charge < -0.3 is 9.84 Å². The smallest absolute Gasteiger partial charge is 0.329 e. The molecular weight excluding hydrogens is 448 g/mol. The highest BCUT2D eigenvalue weighted by Gasteiger charge is 2.26. The molecule has 6 heteroatoms. The molecule has 0 atom stereocenters. The minimum absolute atomic E-state index is 0.208. The molecule has 1 aliphatic rings. The quantitative estimate of drug-likeness (QED) is 0.349. The number of carbonyl (C=O) groups is 1. The van der Waals surface area contributed by atoms with Crippen LogP contribution in [0.5, 0.6) is 0 Å². The van der Waals surface area contributed by atoms with Crippen LogP contribution in [0.1, 0.15) is 44.7 Å². The highest BCUT2D eigenvalue weighted by Crippen LogP contribution is 2.38. The van der Waals surface area contributed by atoms with Crippen molar-refractivity contribution < 1.29 is 14.6 Å². The van der Waals surface area contributed by atoms with Crippen LogP contribution in [0.15, 0.2) is 54.6 Å². The van der Waals surface area contributed by atoms with E-state index in [1.165, 1.54) is 16.8 Å². The standard InChI is InChI=1S/C28H33ClN2O3/c1-2-6-25-27(22-7-4-3-5-8-22)28(23-13-15-24(29)16-14-23)31(30-25)17-20-9-11-21(12-10-20)18-34-19-26(32)33/h3-5,7-8,13-16,20-21H,2,6,9-12,17-19H2,1H3,(H,32,33)/t20-,21+. The number of rotatable bonds is 10. The van der Waals surface area contributed by atoms with E-state index in [1.807, 2.05) is 18.2 Å². The number of halogens is 1. The minimum Gasteiger partial charge on any atom is -0.480 e. The summed E-state index contributed by atoms with van der Waals surface area (Å²) in [6.07, 6.45) is 6.31. The number of ether oxygens (including phenoxy) is 1. The molecule has 5 nitrogen and oxygen atoms in total. The lowest BCUT2D eigenvalue weighted by Gasteiger charge is -2.28. The van der Waals surface area contributed by atoms with Crippen LogP contribution in [0, 0.1) is 11.8 Å². The number of hydrogen-bond acceptors (Lipinski definition) is 3. The molecule has 0 saturated heterocycles. The number of benzene rings is 2. The maximum atomic E-state index is 10.7. The Labute approximate surface area is 206 Å². The molecule has 180 valence electrons. The van der Waals surface area contributed by atoms with Crippen LogP contribution in [-0.2, 0) is 22.5 Å². The van der Waals surface area contributed by atoms with Crippen LogP contribution in [0.4, 0.5) is 0 Å². The number of hydrogen-bond donors (Lipinski definition) is 1. The van der Waals surface area contributed by atoms with E-state index in [-0.39, 0.29) is 6.61 Å². The van der Waals surface area contributed by atoms with Crippen molar-refractivity contribution in [1.29, 1.82) is 0 Å². The first-order valence-corrected chi connectivity index (χ1v) is 12.6. The van der Waals surface area contributed by atoms with Gasteiger partial charge in [-0.05, 0) is 61.6 Å². The summed E-state index contributed by atoms with van der Waals surface area (Å²) < 4.78 is 7.57. The van der Waals surface area contributed by atoms with Crippen molar-refractivity contribution in [2.24, 2.45) is 11.8 Å². The lowest BCUT2D eigenvalue weighted by Crippen LogP contribution is -2.23. The van der Waals surface area contributed by atoms with Gasteiger partial charge in [-0.1, -0.05) is 67.4 Å². The predicted molar refractivity (Wildman–Crippen MR) is 136 cm³/mol. The first-order chi connectivity index (χ1) is 16.5. The van der Waals surface area contributed by atoms with Crippen LogP contribution in [0.25, 0.3) is 22.4 Å². The van der Waals surface area contributed by atoms with Crippen LogP contribution in [-0.4, -0.2) is 34.1 Å². The van der Waals surface area contributed by atoms with E-state index in [2.05, 4.69) is 48.0 Å². The maximum Gasteiger partial charge on any atom is 0.329 e. The van der Waals surface area contributed by atoms with E-state index in [4.69, 9.17) is 26.5 Å². The van der Waals surface area contributed by atoms with Gasteiger partial charge in [0, 0.05) is 22.7 Å². The fourth-order valence-electron chi connectivity index (χ4n) is 5.00. The largest absolute Gasteiger partial charge is 0.480 e. The predicted octanol–water partition coefficient (Wildman–Crippen LogP) is 6.73. The van der Waals surface area contributed by atoms with E-state index in [0.29, 0.717) is 18.4 Å². The first-order valence-electron chi connectivity index (χ1n) is 12.3.